The number of rotatable bonds is 4. The SMILES string of the molecule is CO[C@H]1CC[C@H](N2CC(=O)Nc3ncc(-c4ccc(-c5nnc[nH]5)nc4C)nc32)C1. The molecule has 1 fully saturated rings. The van der Waals surface area contributed by atoms with Gasteiger partial charge in [0, 0.05) is 24.4 Å². The number of hydrogen-bond acceptors (Lipinski definition) is 8. The van der Waals surface area contributed by atoms with Crippen molar-refractivity contribution in [3.8, 4) is 22.8 Å². The molecule has 2 N–H and O–H groups in total. The van der Waals surface area contributed by atoms with Crippen LogP contribution < -0.4 is 10.2 Å². The number of aromatic nitrogens is 6. The average Bonchev–Trinajstić information content (AvgIpc) is 3.45. The Labute approximate surface area is 173 Å². The summed E-state index contributed by atoms with van der Waals surface area (Å²) >= 11 is 0. The number of H-pyrrole nitrogens is 1. The van der Waals surface area contributed by atoms with Gasteiger partial charge in [-0.2, -0.15) is 0 Å². The van der Waals surface area contributed by atoms with Crippen LogP contribution in [0.3, 0.4) is 0 Å². The van der Waals surface area contributed by atoms with E-state index in [-0.39, 0.29) is 24.6 Å². The zero-order chi connectivity index (χ0) is 20.7. The quantitative estimate of drug-likeness (QED) is 0.674. The summed E-state index contributed by atoms with van der Waals surface area (Å²) in [7, 11) is 1.74. The predicted molar refractivity (Wildman–Crippen MR) is 110 cm³/mol. The van der Waals surface area contributed by atoms with Crippen molar-refractivity contribution in [3.63, 3.8) is 0 Å². The molecule has 5 rings (SSSR count). The maximum absolute atomic E-state index is 12.2. The Morgan fingerprint density at radius 2 is 2.10 bits per heavy atom. The van der Waals surface area contributed by atoms with Crippen LogP contribution in [0.4, 0.5) is 11.6 Å². The summed E-state index contributed by atoms with van der Waals surface area (Å²) in [5.74, 6) is 1.75. The normalized spacial score (nSPS) is 20.9. The van der Waals surface area contributed by atoms with Crippen LogP contribution in [0.2, 0.25) is 0 Å². The van der Waals surface area contributed by atoms with E-state index < -0.39 is 0 Å². The maximum atomic E-state index is 12.2. The number of methoxy groups -OCH3 is 1. The number of aryl methyl sites for hydroxylation is 1. The molecule has 2 atom stereocenters. The molecule has 1 aliphatic heterocycles. The molecule has 0 aromatic carbocycles. The summed E-state index contributed by atoms with van der Waals surface area (Å²) in [6.45, 7) is 2.20. The lowest BCUT2D eigenvalue weighted by molar-refractivity contribution is -0.115. The number of amides is 1. The van der Waals surface area contributed by atoms with Crippen molar-refractivity contribution in [1.29, 1.82) is 0 Å². The Kier molecular flexibility index (Phi) is 4.62. The molecule has 1 amide bonds. The van der Waals surface area contributed by atoms with E-state index in [0.717, 1.165) is 30.5 Å². The van der Waals surface area contributed by atoms with Crippen molar-refractivity contribution in [3.05, 3.63) is 30.4 Å². The summed E-state index contributed by atoms with van der Waals surface area (Å²) in [5.41, 5.74) is 3.12. The second-order valence-corrected chi connectivity index (χ2v) is 7.60. The molecule has 10 heteroatoms. The Morgan fingerprint density at radius 3 is 2.83 bits per heavy atom. The van der Waals surface area contributed by atoms with Gasteiger partial charge in [0.2, 0.25) is 5.91 Å². The number of aromatic amines is 1. The zero-order valence-corrected chi connectivity index (χ0v) is 16.8. The molecule has 10 nitrogen and oxygen atoms in total. The number of nitrogens with zero attached hydrogens (tertiary/aromatic N) is 6. The van der Waals surface area contributed by atoms with Crippen LogP contribution in [0.1, 0.15) is 25.0 Å². The number of fused-ring (bicyclic) bond motifs is 1. The van der Waals surface area contributed by atoms with E-state index in [1.54, 1.807) is 13.3 Å². The topological polar surface area (TPSA) is 122 Å². The highest BCUT2D eigenvalue weighted by molar-refractivity contribution is 5.99. The first kappa shape index (κ1) is 18.6. The number of pyridine rings is 1. The lowest BCUT2D eigenvalue weighted by atomic mass is 10.1. The van der Waals surface area contributed by atoms with Gasteiger partial charge in [-0.05, 0) is 38.3 Å². The van der Waals surface area contributed by atoms with Gasteiger partial charge in [-0.15, -0.1) is 10.2 Å². The first-order valence-corrected chi connectivity index (χ1v) is 9.93. The molecule has 0 radical (unpaired) electrons. The summed E-state index contributed by atoms with van der Waals surface area (Å²) in [6.07, 6.45) is 6.23. The third-order valence-electron chi connectivity index (χ3n) is 5.75. The smallest absolute Gasteiger partial charge is 0.245 e. The third-order valence-corrected chi connectivity index (χ3v) is 5.75. The first-order chi connectivity index (χ1) is 14.6. The maximum Gasteiger partial charge on any atom is 0.245 e. The minimum absolute atomic E-state index is 0.0697. The molecule has 154 valence electrons. The molecule has 0 bridgehead atoms. The molecule has 30 heavy (non-hydrogen) atoms. The van der Waals surface area contributed by atoms with Gasteiger partial charge in [0.15, 0.2) is 17.5 Å². The zero-order valence-electron chi connectivity index (χ0n) is 16.8. The van der Waals surface area contributed by atoms with Gasteiger partial charge in [0.05, 0.1) is 24.5 Å². The molecule has 3 aromatic heterocycles. The van der Waals surface area contributed by atoms with Gasteiger partial charge in [0.25, 0.3) is 0 Å². The lowest BCUT2D eigenvalue weighted by Crippen LogP contribution is -2.44. The third kappa shape index (κ3) is 3.28. The van der Waals surface area contributed by atoms with Crippen LogP contribution in [-0.2, 0) is 9.53 Å². The number of hydrogen-bond donors (Lipinski definition) is 2. The average molecular weight is 406 g/mol. The highest BCUT2D eigenvalue weighted by atomic mass is 16.5. The van der Waals surface area contributed by atoms with Gasteiger partial charge in [-0.3, -0.25) is 4.79 Å². The molecule has 0 saturated heterocycles. The Bertz CT molecular complexity index is 1080. The van der Waals surface area contributed by atoms with Crippen molar-refractivity contribution in [1.82, 2.24) is 30.1 Å². The Hall–Kier alpha value is -3.40. The fraction of sp³-hybridized carbons (Fsp3) is 0.400. The van der Waals surface area contributed by atoms with Crippen LogP contribution in [0.25, 0.3) is 22.8 Å². The molecule has 1 saturated carbocycles. The van der Waals surface area contributed by atoms with E-state index in [2.05, 4.69) is 35.4 Å². The second-order valence-electron chi connectivity index (χ2n) is 7.60. The van der Waals surface area contributed by atoms with E-state index in [0.29, 0.717) is 28.8 Å². The molecular formula is C20H22N8O2. The number of nitrogens with one attached hydrogen (secondary N) is 2. The molecule has 4 heterocycles. The molecular weight excluding hydrogens is 384 g/mol. The van der Waals surface area contributed by atoms with Crippen molar-refractivity contribution < 1.29 is 9.53 Å². The van der Waals surface area contributed by atoms with E-state index in [9.17, 15) is 4.79 Å². The summed E-state index contributed by atoms with van der Waals surface area (Å²) in [5, 5.41) is 10.7. The molecule has 0 spiro atoms. The fourth-order valence-corrected chi connectivity index (χ4v) is 4.21. The van der Waals surface area contributed by atoms with E-state index in [1.165, 1.54) is 6.33 Å². The van der Waals surface area contributed by atoms with Crippen molar-refractivity contribution in [2.75, 3.05) is 23.9 Å². The Morgan fingerprint density at radius 1 is 1.20 bits per heavy atom. The molecule has 2 aliphatic rings. The van der Waals surface area contributed by atoms with Crippen LogP contribution in [0, 0.1) is 6.92 Å². The van der Waals surface area contributed by atoms with Crippen molar-refractivity contribution in [2.24, 2.45) is 0 Å². The summed E-state index contributed by atoms with van der Waals surface area (Å²) < 4.78 is 5.51. The van der Waals surface area contributed by atoms with Gasteiger partial charge in [-0.25, -0.2) is 15.0 Å². The molecule has 0 unspecified atom stereocenters. The number of ether oxygens (including phenoxy) is 1. The Balaban J connectivity index is 1.50. The van der Waals surface area contributed by atoms with E-state index in [4.69, 9.17) is 9.72 Å². The van der Waals surface area contributed by atoms with Crippen LogP contribution in [0.5, 0.6) is 0 Å². The van der Waals surface area contributed by atoms with E-state index >= 15 is 0 Å². The van der Waals surface area contributed by atoms with Gasteiger partial charge in [-0.1, -0.05) is 0 Å². The number of carbonyl (C=O) groups is 1. The summed E-state index contributed by atoms with van der Waals surface area (Å²) in [4.78, 5) is 31.3. The predicted octanol–water partition coefficient (Wildman–Crippen LogP) is 1.96. The minimum Gasteiger partial charge on any atom is -0.381 e. The monoisotopic (exact) mass is 406 g/mol. The van der Waals surface area contributed by atoms with Gasteiger partial charge in [0.1, 0.15) is 12.0 Å². The van der Waals surface area contributed by atoms with Crippen LogP contribution >= 0.6 is 0 Å². The fourth-order valence-electron chi connectivity index (χ4n) is 4.21. The summed E-state index contributed by atoms with van der Waals surface area (Å²) in [6, 6.07) is 4.04. The number of carbonyl (C=O) groups excluding carboxylic acids is 1. The first-order valence-electron chi connectivity index (χ1n) is 9.93. The van der Waals surface area contributed by atoms with Gasteiger partial charge < -0.3 is 19.9 Å². The largest absolute Gasteiger partial charge is 0.381 e. The standard InChI is InChI=1S/C20H22N8O2/c1-11-14(5-6-15(24-11)18-22-10-23-27-18)16-8-21-19-20(25-16)28(9-17(29)26-19)12-3-4-13(7-12)30-2/h5-6,8,10,12-13H,3-4,7,9H2,1-2H3,(H,21,26,29)(H,22,23,27)/t12-,13-/m0/s1. The number of anilines is 2. The van der Waals surface area contributed by atoms with Crippen molar-refractivity contribution in [2.45, 2.75) is 38.3 Å². The highest BCUT2D eigenvalue weighted by Gasteiger charge is 2.35. The van der Waals surface area contributed by atoms with Crippen LogP contribution in [-0.4, -0.2) is 61.8 Å². The molecule has 3 aromatic rings. The minimum atomic E-state index is -0.0697. The van der Waals surface area contributed by atoms with Crippen molar-refractivity contribution >= 4 is 17.5 Å². The molecule has 1 aliphatic carbocycles. The van der Waals surface area contributed by atoms with E-state index in [1.807, 2.05) is 19.1 Å². The lowest BCUT2D eigenvalue weighted by Gasteiger charge is -2.34. The van der Waals surface area contributed by atoms with Crippen LogP contribution in [0.15, 0.2) is 24.7 Å². The second kappa shape index (κ2) is 7.45. The van der Waals surface area contributed by atoms with Gasteiger partial charge >= 0.3 is 0 Å². The highest BCUT2D eigenvalue weighted by Crippen LogP contribution is 2.35.